The molecule has 0 radical (unpaired) electrons. The second-order valence-corrected chi connectivity index (χ2v) is 3.99. The molecule has 1 rings (SSSR count). The second-order valence-electron chi connectivity index (χ2n) is 3.99. The van der Waals surface area contributed by atoms with Gasteiger partial charge in [-0.3, -0.25) is 4.98 Å². The Morgan fingerprint density at radius 1 is 1.22 bits per heavy atom. The Labute approximate surface area is 108 Å². The van der Waals surface area contributed by atoms with E-state index in [1.54, 1.807) is 26.6 Å². The smallest absolute Gasteiger partial charge is 0.0717 e. The Bertz CT molecular complexity index is 334. The Morgan fingerprint density at radius 2 is 2.00 bits per heavy atom. The van der Waals surface area contributed by atoms with Gasteiger partial charge in [0.1, 0.15) is 0 Å². The van der Waals surface area contributed by atoms with Crippen molar-refractivity contribution in [2.75, 3.05) is 45.4 Å². The quantitative estimate of drug-likeness (QED) is 0.668. The Hall–Kier alpha value is -1.17. The largest absolute Gasteiger partial charge is 0.392 e. The minimum Gasteiger partial charge on any atom is -0.392 e. The van der Waals surface area contributed by atoms with Gasteiger partial charge in [0.05, 0.1) is 13.2 Å². The van der Waals surface area contributed by atoms with Crippen LogP contribution in [0, 0.1) is 0 Å². The molecule has 1 aromatic heterocycles. The summed E-state index contributed by atoms with van der Waals surface area (Å²) in [7, 11) is 3.39. The van der Waals surface area contributed by atoms with Gasteiger partial charge >= 0.3 is 0 Å². The van der Waals surface area contributed by atoms with E-state index < -0.39 is 0 Å². The predicted molar refractivity (Wildman–Crippen MR) is 70.7 cm³/mol. The zero-order chi connectivity index (χ0) is 13.2. The predicted octanol–water partition coefficient (Wildman–Crippen LogP) is 1.06. The highest BCUT2D eigenvalue weighted by Crippen LogP contribution is 2.19. The van der Waals surface area contributed by atoms with Crippen LogP contribution in [0.25, 0.3) is 0 Å². The number of methoxy groups -OCH3 is 2. The number of pyridine rings is 1. The van der Waals surface area contributed by atoms with Gasteiger partial charge in [0.15, 0.2) is 0 Å². The maximum Gasteiger partial charge on any atom is 0.0717 e. The van der Waals surface area contributed by atoms with Crippen LogP contribution in [0.2, 0.25) is 0 Å². The number of hydrogen-bond acceptors (Lipinski definition) is 5. The monoisotopic (exact) mass is 254 g/mol. The minimum absolute atomic E-state index is 0.00304. The summed E-state index contributed by atoms with van der Waals surface area (Å²) in [4.78, 5) is 6.22. The van der Waals surface area contributed by atoms with Crippen LogP contribution >= 0.6 is 0 Å². The number of ether oxygens (including phenoxy) is 2. The number of aliphatic hydroxyl groups is 1. The fourth-order valence-electron chi connectivity index (χ4n) is 1.80. The van der Waals surface area contributed by atoms with Crippen molar-refractivity contribution in [2.45, 2.75) is 13.0 Å². The molecule has 0 saturated heterocycles. The van der Waals surface area contributed by atoms with Crippen molar-refractivity contribution in [3.63, 3.8) is 0 Å². The number of nitrogens with zero attached hydrogens (tertiary/aromatic N) is 2. The summed E-state index contributed by atoms with van der Waals surface area (Å²) in [6, 6.07) is 1.92. The van der Waals surface area contributed by atoms with Crippen LogP contribution in [-0.2, 0) is 16.1 Å². The highest BCUT2D eigenvalue weighted by Gasteiger charge is 2.10. The summed E-state index contributed by atoms with van der Waals surface area (Å²) in [5.74, 6) is 0. The van der Waals surface area contributed by atoms with E-state index in [4.69, 9.17) is 9.47 Å². The van der Waals surface area contributed by atoms with Crippen LogP contribution in [0.15, 0.2) is 18.5 Å². The van der Waals surface area contributed by atoms with Crippen LogP contribution < -0.4 is 4.90 Å². The van der Waals surface area contributed by atoms with E-state index in [1.165, 1.54) is 0 Å². The number of rotatable bonds is 9. The molecule has 1 N–H and O–H groups in total. The summed E-state index contributed by atoms with van der Waals surface area (Å²) >= 11 is 0. The summed E-state index contributed by atoms with van der Waals surface area (Å²) in [5, 5.41) is 9.34. The van der Waals surface area contributed by atoms with E-state index in [-0.39, 0.29) is 6.61 Å². The molecule has 0 spiro atoms. The molecule has 1 aromatic rings. The molecule has 102 valence electrons. The maximum absolute atomic E-state index is 9.34. The number of aliphatic hydroxyl groups excluding tert-OH is 1. The lowest BCUT2D eigenvalue weighted by atomic mass is 10.2. The molecule has 0 amide bonds. The fourth-order valence-corrected chi connectivity index (χ4v) is 1.80. The normalized spacial score (nSPS) is 10.6. The molecule has 1 heterocycles. The first-order valence-electron chi connectivity index (χ1n) is 6.10. The Balaban J connectivity index is 2.72. The van der Waals surface area contributed by atoms with Crippen molar-refractivity contribution in [3.05, 3.63) is 24.0 Å². The van der Waals surface area contributed by atoms with E-state index in [2.05, 4.69) is 9.88 Å². The highest BCUT2D eigenvalue weighted by atomic mass is 16.5. The van der Waals surface area contributed by atoms with Crippen LogP contribution in [0.1, 0.15) is 12.0 Å². The lowest BCUT2D eigenvalue weighted by Crippen LogP contribution is -2.30. The van der Waals surface area contributed by atoms with Crippen molar-refractivity contribution in [2.24, 2.45) is 0 Å². The van der Waals surface area contributed by atoms with Gasteiger partial charge in [-0.15, -0.1) is 0 Å². The van der Waals surface area contributed by atoms with Gasteiger partial charge in [-0.25, -0.2) is 0 Å². The van der Waals surface area contributed by atoms with Crippen LogP contribution in [-0.4, -0.2) is 50.6 Å². The fraction of sp³-hybridized carbons (Fsp3) is 0.615. The third-order valence-electron chi connectivity index (χ3n) is 2.73. The number of aromatic nitrogens is 1. The molecule has 0 atom stereocenters. The van der Waals surface area contributed by atoms with E-state index in [0.717, 1.165) is 37.4 Å². The van der Waals surface area contributed by atoms with Crippen molar-refractivity contribution in [3.8, 4) is 0 Å². The molecular weight excluding hydrogens is 232 g/mol. The summed E-state index contributed by atoms with van der Waals surface area (Å²) in [6.07, 6.45) is 4.38. The summed E-state index contributed by atoms with van der Waals surface area (Å²) in [5.41, 5.74) is 1.85. The molecule has 0 aliphatic heterocycles. The van der Waals surface area contributed by atoms with E-state index >= 15 is 0 Å². The maximum atomic E-state index is 9.34. The third kappa shape index (κ3) is 4.60. The molecule has 0 saturated carbocycles. The standard InChI is InChI=1S/C13H22N2O3/c1-17-8-3-6-15(7-9-18-2)13-4-5-14-10-12(13)11-16/h4-5,10,16H,3,6-9,11H2,1-2H3. The molecule has 0 bridgehead atoms. The van der Waals surface area contributed by atoms with Gasteiger partial charge in [-0.2, -0.15) is 0 Å². The topological polar surface area (TPSA) is 54.8 Å². The minimum atomic E-state index is -0.00304. The van der Waals surface area contributed by atoms with Crippen LogP contribution in [0.3, 0.4) is 0 Å². The number of anilines is 1. The van der Waals surface area contributed by atoms with Gasteiger partial charge in [0, 0.05) is 57.6 Å². The first kappa shape index (κ1) is 14.9. The first-order valence-corrected chi connectivity index (χ1v) is 6.10. The molecule has 0 aliphatic carbocycles. The van der Waals surface area contributed by atoms with Crippen molar-refractivity contribution >= 4 is 5.69 Å². The van der Waals surface area contributed by atoms with Crippen molar-refractivity contribution < 1.29 is 14.6 Å². The SMILES string of the molecule is COCCCN(CCOC)c1ccncc1CO. The lowest BCUT2D eigenvalue weighted by Gasteiger charge is -2.26. The van der Waals surface area contributed by atoms with Gasteiger partial charge in [-0.05, 0) is 12.5 Å². The second kappa shape index (κ2) is 8.85. The zero-order valence-corrected chi connectivity index (χ0v) is 11.1. The van der Waals surface area contributed by atoms with Gasteiger partial charge in [0.2, 0.25) is 0 Å². The Morgan fingerprint density at radius 3 is 2.67 bits per heavy atom. The molecular formula is C13H22N2O3. The van der Waals surface area contributed by atoms with Crippen molar-refractivity contribution in [1.82, 2.24) is 4.98 Å². The highest BCUT2D eigenvalue weighted by molar-refractivity contribution is 5.51. The molecule has 0 fully saturated rings. The van der Waals surface area contributed by atoms with Crippen LogP contribution in [0.5, 0.6) is 0 Å². The molecule has 5 nitrogen and oxygen atoms in total. The van der Waals surface area contributed by atoms with E-state index in [1.807, 2.05) is 6.07 Å². The molecule has 0 unspecified atom stereocenters. The summed E-state index contributed by atoms with van der Waals surface area (Å²) < 4.78 is 10.2. The van der Waals surface area contributed by atoms with Gasteiger partial charge in [-0.1, -0.05) is 0 Å². The molecule has 18 heavy (non-hydrogen) atoms. The lowest BCUT2D eigenvalue weighted by molar-refractivity contribution is 0.191. The number of hydrogen-bond donors (Lipinski definition) is 1. The van der Waals surface area contributed by atoms with Gasteiger partial charge in [0.25, 0.3) is 0 Å². The first-order chi connectivity index (χ1) is 8.83. The Kier molecular flexibility index (Phi) is 7.32. The van der Waals surface area contributed by atoms with Crippen molar-refractivity contribution in [1.29, 1.82) is 0 Å². The summed E-state index contributed by atoms with van der Waals surface area (Å²) in [6.45, 7) is 3.03. The molecule has 0 aromatic carbocycles. The van der Waals surface area contributed by atoms with E-state index in [9.17, 15) is 5.11 Å². The molecule has 0 aliphatic rings. The average Bonchev–Trinajstić information content (AvgIpc) is 2.42. The zero-order valence-electron chi connectivity index (χ0n) is 11.1. The molecule has 5 heteroatoms. The third-order valence-corrected chi connectivity index (χ3v) is 2.73. The van der Waals surface area contributed by atoms with Crippen LogP contribution in [0.4, 0.5) is 5.69 Å². The van der Waals surface area contributed by atoms with Gasteiger partial charge < -0.3 is 19.5 Å². The van der Waals surface area contributed by atoms with E-state index in [0.29, 0.717) is 6.61 Å². The average molecular weight is 254 g/mol.